The minimum absolute atomic E-state index is 0.0198. The second-order valence-corrected chi connectivity index (χ2v) is 5.18. The number of halogens is 2. The van der Waals surface area contributed by atoms with Crippen LogP contribution in [-0.2, 0) is 13.1 Å². The molecule has 0 radical (unpaired) electrons. The molecule has 1 aromatic carbocycles. The highest BCUT2D eigenvalue weighted by atomic mass is 35.5. The maximum Gasteiger partial charge on any atom is 0.288 e. The molecule has 0 aliphatic rings. The number of aromatic nitrogens is 2. The molecule has 0 atom stereocenters. The first-order chi connectivity index (χ1) is 10.4. The molecule has 0 aliphatic heterocycles. The van der Waals surface area contributed by atoms with E-state index in [2.05, 4.69) is 10.4 Å². The Hall–Kier alpha value is -2.12. The predicted molar refractivity (Wildman–Crippen MR) is 82.2 cm³/mol. The molecule has 9 heteroatoms. The highest BCUT2D eigenvalue weighted by Crippen LogP contribution is 2.25. The van der Waals surface area contributed by atoms with E-state index in [-0.39, 0.29) is 22.8 Å². The molecule has 1 N–H and O–H groups in total. The average Bonchev–Trinajstić information content (AvgIpc) is 2.85. The lowest BCUT2D eigenvalue weighted by atomic mass is 10.2. The molecule has 22 heavy (non-hydrogen) atoms. The van der Waals surface area contributed by atoms with Gasteiger partial charge in [-0.25, -0.2) is 0 Å². The number of benzene rings is 1. The Balaban J connectivity index is 2.14. The van der Waals surface area contributed by atoms with Crippen molar-refractivity contribution in [2.24, 2.45) is 0 Å². The standard InChI is InChI=1S/C13H12Cl2N4O3/c1-2-18-12(10(15)6-17-18)7-16-13(20)8-3-4-9(14)11(5-8)19(21)22/h3-6H,2,7H2,1H3,(H,16,20). The largest absolute Gasteiger partial charge is 0.346 e. The number of carbonyl (C=O) groups excluding carboxylic acids is 1. The van der Waals surface area contributed by atoms with Crippen LogP contribution < -0.4 is 5.32 Å². The van der Waals surface area contributed by atoms with Crippen LogP contribution in [0.1, 0.15) is 23.0 Å². The van der Waals surface area contributed by atoms with E-state index < -0.39 is 10.8 Å². The van der Waals surface area contributed by atoms with Crippen molar-refractivity contribution in [3.8, 4) is 0 Å². The number of nitrogens with zero attached hydrogens (tertiary/aromatic N) is 3. The van der Waals surface area contributed by atoms with Gasteiger partial charge in [0.05, 0.1) is 28.4 Å². The summed E-state index contributed by atoms with van der Waals surface area (Å²) in [6, 6.07) is 3.87. The second kappa shape index (κ2) is 6.76. The molecule has 2 rings (SSSR count). The van der Waals surface area contributed by atoms with E-state index in [4.69, 9.17) is 23.2 Å². The number of nitro benzene ring substituents is 1. The Morgan fingerprint density at radius 3 is 2.77 bits per heavy atom. The van der Waals surface area contributed by atoms with Crippen molar-refractivity contribution in [1.82, 2.24) is 15.1 Å². The third kappa shape index (κ3) is 3.37. The fourth-order valence-corrected chi connectivity index (χ4v) is 2.29. The summed E-state index contributed by atoms with van der Waals surface area (Å²) in [6.45, 7) is 2.68. The fraction of sp³-hybridized carbons (Fsp3) is 0.231. The van der Waals surface area contributed by atoms with Crippen LogP contribution in [0, 0.1) is 10.1 Å². The van der Waals surface area contributed by atoms with Crippen LogP contribution in [-0.4, -0.2) is 20.6 Å². The number of amides is 1. The van der Waals surface area contributed by atoms with Crippen LogP contribution in [0.4, 0.5) is 5.69 Å². The van der Waals surface area contributed by atoms with Gasteiger partial charge in [0.25, 0.3) is 11.6 Å². The number of hydrogen-bond donors (Lipinski definition) is 1. The maximum absolute atomic E-state index is 12.1. The minimum atomic E-state index is -0.637. The molecule has 0 fully saturated rings. The first-order valence-electron chi connectivity index (χ1n) is 6.36. The molecule has 0 saturated carbocycles. The van der Waals surface area contributed by atoms with Crippen molar-refractivity contribution in [2.75, 3.05) is 0 Å². The van der Waals surface area contributed by atoms with Crippen molar-refractivity contribution in [2.45, 2.75) is 20.0 Å². The van der Waals surface area contributed by atoms with Gasteiger partial charge in [-0.3, -0.25) is 19.6 Å². The van der Waals surface area contributed by atoms with E-state index in [0.717, 1.165) is 6.07 Å². The van der Waals surface area contributed by atoms with Crippen molar-refractivity contribution in [1.29, 1.82) is 0 Å². The van der Waals surface area contributed by atoms with Gasteiger partial charge in [-0.05, 0) is 19.1 Å². The first-order valence-corrected chi connectivity index (χ1v) is 7.12. The zero-order valence-electron chi connectivity index (χ0n) is 11.5. The zero-order valence-corrected chi connectivity index (χ0v) is 13.1. The van der Waals surface area contributed by atoms with Crippen molar-refractivity contribution in [3.63, 3.8) is 0 Å². The summed E-state index contributed by atoms with van der Waals surface area (Å²) in [5, 5.41) is 18.0. The SMILES string of the molecule is CCn1ncc(Cl)c1CNC(=O)c1ccc(Cl)c([N+](=O)[O-])c1. The van der Waals surface area contributed by atoms with E-state index in [1.54, 1.807) is 4.68 Å². The quantitative estimate of drug-likeness (QED) is 0.667. The van der Waals surface area contributed by atoms with E-state index in [9.17, 15) is 14.9 Å². The van der Waals surface area contributed by atoms with Crippen LogP contribution in [0.5, 0.6) is 0 Å². The summed E-state index contributed by atoms with van der Waals surface area (Å²) in [7, 11) is 0. The number of hydrogen-bond acceptors (Lipinski definition) is 4. The molecule has 2 aromatic rings. The summed E-state index contributed by atoms with van der Waals surface area (Å²) in [6.07, 6.45) is 1.50. The molecule has 0 bridgehead atoms. The molecule has 116 valence electrons. The molecule has 1 amide bonds. The van der Waals surface area contributed by atoms with Gasteiger partial charge < -0.3 is 5.32 Å². The molecule has 7 nitrogen and oxygen atoms in total. The molecule has 0 aliphatic carbocycles. The molecule has 0 unspecified atom stereocenters. The zero-order chi connectivity index (χ0) is 16.3. The van der Waals surface area contributed by atoms with Gasteiger partial charge in [0.2, 0.25) is 0 Å². The average molecular weight is 343 g/mol. The van der Waals surface area contributed by atoms with E-state index in [0.29, 0.717) is 17.3 Å². The van der Waals surface area contributed by atoms with Crippen LogP contribution >= 0.6 is 23.2 Å². The topological polar surface area (TPSA) is 90.1 Å². The van der Waals surface area contributed by atoms with Gasteiger partial charge in [-0.1, -0.05) is 23.2 Å². The first kappa shape index (κ1) is 16.3. The summed E-state index contributed by atoms with van der Waals surface area (Å²) >= 11 is 11.7. The molecule has 1 aromatic heterocycles. The van der Waals surface area contributed by atoms with Crippen molar-refractivity contribution >= 4 is 34.8 Å². The van der Waals surface area contributed by atoms with Gasteiger partial charge in [0.1, 0.15) is 5.02 Å². The molecular formula is C13H12Cl2N4O3. The maximum atomic E-state index is 12.1. The Kier molecular flexibility index (Phi) is 4.99. The lowest BCUT2D eigenvalue weighted by Gasteiger charge is -2.08. The normalized spacial score (nSPS) is 10.5. The highest BCUT2D eigenvalue weighted by molar-refractivity contribution is 6.32. The van der Waals surface area contributed by atoms with Crippen molar-refractivity contribution in [3.05, 3.63) is 55.8 Å². The number of aryl methyl sites for hydroxylation is 1. The third-order valence-electron chi connectivity index (χ3n) is 3.02. The molecule has 1 heterocycles. The summed E-state index contributed by atoms with van der Waals surface area (Å²) in [5.41, 5.74) is 0.502. The summed E-state index contributed by atoms with van der Waals surface area (Å²) in [5.74, 6) is -0.459. The molecule has 0 saturated heterocycles. The number of nitrogens with one attached hydrogen (secondary N) is 1. The third-order valence-corrected chi connectivity index (χ3v) is 3.65. The minimum Gasteiger partial charge on any atom is -0.346 e. The summed E-state index contributed by atoms with van der Waals surface area (Å²) < 4.78 is 1.66. The van der Waals surface area contributed by atoms with Crippen LogP contribution in [0.15, 0.2) is 24.4 Å². The van der Waals surface area contributed by atoms with Crippen LogP contribution in [0.25, 0.3) is 0 Å². The van der Waals surface area contributed by atoms with Gasteiger partial charge in [-0.2, -0.15) is 5.10 Å². The monoisotopic (exact) mass is 342 g/mol. The summed E-state index contributed by atoms with van der Waals surface area (Å²) in [4.78, 5) is 22.3. The Morgan fingerprint density at radius 2 is 2.14 bits per heavy atom. The van der Waals surface area contributed by atoms with Gasteiger partial charge in [0.15, 0.2) is 0 Å². The highest BCUT2D eigenvalue weighted by Gasteiger charge is 2.17. The van der Waals surface area contributed by atoms with Gasteiger partial charge >= 0.3 is 0 Å². The Morgan fingerprint density at radius 1 is 1.41 bits per heavy atom. The lowest BCUT2D eigenvalue weighted by Crippen LogP contribution is -2.24. The molecular weight excluding hydrogens is 331 g/mol. The smallest absolute Gasteiger partial charge is 0.288 e. The number of carbonyl (C=O) groups is 1. The number of nitro groups is 1. The Labute approximate surface area is 136 Å². The van der Waals surface area contributed by atoms with Crippen LogP contribution in [0.2, 0.25) is 10.0 Å². The molecule has 0 spiro atoms. The van der Waals surface area contributed by atoms with Crippen LogP contribution in [0.3, 0.4) is 0 Å². The van der Waals surface area contributed by atoms with Gasteiger partial charge in [-0.15, -0.1) is 0 Å². The Bertz CT molecular complexity index is 730. The van der Waals surface area contributed by atoms with E-state index >= 15 is 0 Å². The van der Waals surface area contributed by atoms with E-state index in [1.165, 1.54) is 18.3 Å². The van der Waals surface area contributed by atoms with E-state index in [1.807, 2.05) is 6.92 Å². The lowest BCUT2D eigenvalue weighted by molar-refractivity contribution is -0.384. The van der Waals surface area contributed by atoms with Crippen molar-refractivity contribution < 1.29 is 9.72 Å². The second-order valence-electron chi connectivity index (χ2n) is 4.36. The van der Waals surface area contributed by atoms with Gasteiger partial charge in [0, 0.05) is 18.2 Å². The number of rotatable bonds is 5. The fourth-order valence-electron chi connectivity index (χ4n) is 1.90. The predicted octanol–water partition coefficient (Wildman–Crippen LogP) is 3.05.